The summed E-state index contributed by atoms with van der Waals surface area (Å²) in [5, 5.41) is 12.4. The number of hydrogen-bond acceptors (Lipinski definition) is 3. The summed E-state index contributed by atoms with van der Waals surface area (Å²) >= 11 is 0. The molecule has 2 aliphatic rings. The van der Waals surface area contributed by atoms with Crippen LogP contribution in [-0.4, -0.2) is 65.8 Å². The van der Waals surface area contributed by atoms with Crippen LogP contribution in [0, 0.1) is 0 Å². The Morgan fingerprint density at radius 1 is 1.30 bits per heavy atom. The van der Waals surface area contributed by atoms with Crippen molar-refractivity contribution in [3.05, 3.63) is 0 Å². The highest BCUT2D eigenvalue weighted by atomic mass is 16.3. The first-order chi connectivity index (χ1) is 9.56. The molecule has 2 amide bonds. The van der Waals surface area contributed by atoms with Gasteiger partial charge in [-0.1, -0.05) is 12.8 Å². The van der Waals surface area contributed by atoms with Crippen molar-refractivity contribution < 1.29 is 9.90 Å². The number of amides is 2. The largest absolute Gasteiger partial charge is 0.392 e. The van der Waals surface area contributed by atoms with Gasteiger partial charge in [-0.05, 0) is 32.6 Å². The second-order valence-electron chi connectivity index (χ2n) is 6.43. The van der Waals surface area contributed by atoms with Crippen LogP contribution >= 0.6 is 0 Å². The lowest BCUT2D eigenvalue weighted by molar-refractivity contribution is 0.129. The number of nitrogens with one attached hydrogen (secondary N) is 1. The zero-order chi connectivity index (χ0) is 14.5. The highest BCUT2D eigenvalue weighted by Gasteiger charge is 2.28. The third kappa shape index (κ3) is 4.35. The third-order valence-corrected chi connectivity index (χ3v) is 4.58. The van der Waals surface area contributed by atoms with Crippen molar-refractivity contribution >= 4 is 6.03 Å². The Morgan fingerprint density at radius 3 is 2.45 bits per heavy atom. The van der Waals surface area contributed by atoms with E-state index in [0.29, 0.717) is 6.54 Å². The summed E-state index contributed by atoms with van der Waals surface area (Å²) in [5.41, 5.74) is 0. The van der Waals surface area contributed by atoms with Gasteiger partial charge in [0.2, 0.25) is 0 Å². The quantitative estimate of drug-likeness (QED) is 0.820. The molecule has 1 aliphatic heterocycles. The van der Waals surface area contributed by atoms with Gasteiger partial charge in [0.05, 0.1) is 6.10 Å². The van der Waals surface area contributed by atoms with Crippen LogP contribution in [-0.2, 0) is 0 Å². The molecule has 0 bridgehead atoms. The molecule has 1 saturated carbocycles. The molecule has 5 nitrogen and oxygen atoms in total. The van der Waals surface area contributed by atoms with E-state index in [4.69, 9.17) is 0 Å². The summed E-state index contributed by atoms with van der Waals surface area (Å²) in [6, 6.07) is 1.02. The van der Waals surface area contributed by atoms with Crippen LogP contribution in [0.4, 0.5) is 4.79 Å². The van der Waals surface area contributed by atoms with E-state index < -0.39 is 6.10 Å². The molecule has 0 radical (unpaired) electrons. The Kier molecular flexibility index (Phi) is 5.66. The average Bonchev–Trinajstić information content (AvgIpc) is 2.92. The minimum Gasteiger partial charge on any atom is -0.392 e. The maximum atomic E-state index is 12.0. The molecule has 20 heavy (non-hydrogen) atoms. The number of carbonyl (C=O) groups excluding carboxylic acids is 1. The zero-order valence-corrected chi connectivity index (χ0v) is 12.8. The number of likely N-dealkylation sites (N-methyl/N-ethyl adjacent to an activating group) is 1. The van der Waals surface area contributed by atoms with Crippen molar-refractivity contribution in [1.82, 2.24) is 15.1 Å². The van der Waals surface area contributed by atoms with Crippen LogP contribution in [0.2, 0.25) is 0 Å². The Bertz CT molecular complexity index is 308. The van der Waals surface area contributed by atoms with Gasteiger partial charge >= 0.3 is 6.03 Å². The molecule has 0 aromatic carbocycles. The van der Waals surface area contributed by atoms with E-state index in [-0.39, 0.29) is 12.1 Å². The molecule has 5 heteroatoms. The molecule has 1 aliphatic carbocycles. The normalized spacial score (nSPS) is 23.8. The van der Waals surface area contributed by atoms with Gasteiger partial charge in [-0.25, -0.2) is 4.79 Å². The molecule has 2 rings (SSSR count). The van der Waals surface area contributed by atoms with E-state index in [0.717, 1.165) is 32.0 Å². The molecule has 1 atom stereocenters. The summed E-state index contributed by atoms with van der Waals surface area (Å²) in [4.78, 5) is 16.1. The van der Waals surface area contributed by atoms with E-state index in [2.05, 4.69) is 10.2 Å². The van der Waals surface area contributed by atoms with Gasteiger partial charge in [-0.15, -0.1) is 0 Å². The highest BCUT2D eigenvalue weighted by molar-refractivity contribution is 5.74. The average molecular weight is 283 g/mol. The molecule has 116 valence electrons. The van der Waals surface area contributed by atoms with E-state index in [1.165, 1.54) is 25.7 Å². The van der Waals surface area contributed by atoms with E-state index >= 15 is 0 Å². The molecule has 0 spiro atoms. The van der Waals surface area contributed by atoms with Crippen molar-refractivity contribution in [2.45, 2.75) is 63.6 Å². The highest BCUT2D eigenvalue weighted by Crippen LogP contribution is 2.26. The van der Waals surface area contributed by atoms with Crippen LogP contribution in [0.15, 0.2) is 0 Å². The summed E-state index contributed by atoms with van der Waals surface area (Å²) in [5.74, 6) is 0. The van der Waals surface area contributed by atoms with E-state index in [9.17, 15) is 9.90 Å². The minimum atomic E-state index is -0.477. The lowest BCUT2D eigenvalue weighted by Gasteiger charge is -2.36. The maximum absolute atomic E-state index is 12.0. The van der Waals surface area contributed by atoms with Gasteiger partial charge in [0, 0.05) is 38.8 Å². The van der Waals surface area contributed by atoms with Crippen LogP contribution in [0.3, 0.4) is 0 Å². The van der Waals surface area contributed by atoms with Gasteiger partial charge in [0.15, 0.2) is 0 Å². The first kappa shape index (κ1) is 15.6. The Hall–Kier alpha value is -0.810. The van der Waals surface area contributed by atoms with Gasteiger partial charge in [0.25, 0.3) is 0 Å². The standard InChI is InChI=1S/C15H29N3O2/c1-12(19)11-17(2)15(20)16-13-7-9-18(10-8-13)14-5-3-4-6-14/h12-14,19H,3-11H2,1-2H3,(H,16,20). The first-order valence-electron chi connectivity index (χ1n) is 8.00. The summed E-state index contributed by atoms with van der Waals surface area (Å²) in [6.45, 7) is 4.29. The van der Waals surface area contributed by atoms with Crippen LogP contribution in [0.25, 0.3) is 0 Å². The molecule has 0 aromatic heterocycles. The minimum absolute atomic E-state index is 0.0646. The third-order valence-electron chi connectivity index (χ3n) is 4.58. The van der Waals surface area contributed by atoms with Crippen molar-refractivity contribution in [2.24, 2.45) is 0 Å². The second-order valence-corrected chi connectivity index (χ2v) is 6.43. The number of aliphatic hydroxyl groups excluding tert-OH is 1. The summed E-state index contributed by atoms with van der Waals surface area (Å²) in [7, 11) is 1.73. The second kappa shape index (κ2) is 7.27. The smallest absolute Gasteiger partial charge is 0.317 e. The summed E-state index contributed by atoms with van der Waals surface area (Å²) in [6.07, 6.45) is 7.09. The number of nitrogens with zero attached hydrogens (tertiary/aromatic N) is 2. The molecule has 0 aromatic rings. The van der Waals surface area contributed by atoms with Crippen LogP contribution in [0.5, 0.6) is 0 Å². The Morgan fingerprint density at radius 2 is 1.90 bits per heavy atom. The van der Waals surface area contributed by atoms with Gasteiger partial charge in [-0.2, -0.15) is 0 Å². The fraction of sp³-hybridized carbons (Fsp3) is 0.933. The van der Waals surface area contributed by atoms with Crippen molar-refractivity contribution in [2.75, 3.05) is 26.7 Å². The Labute approximate surface area is 122 Å². The molecule has 2 fully saturated rings. The monoisotopic (exact) mass is 283 g/mol. The molecule has 1 saturated heterocycles. The summed E-state index contributed by atoms with van der Waals surface area (Å²) < 4.78 is 0. The lowest BCUT2D eigenvalue weighted by atomic mass is 10.0. The Balaban J connectivity index is 1.69. The first-order valence-corrected chi connectivity index (χ1v) is 8.00. The van der Waals surface area contributed by atoms with Gasteiger partial charge in [-0.3, -0.25) is 0 Å². The van der Waals surface area contributed by atoms with Crippen LogP contribution in [0.1, 0.15) is 45.4 Å². The van der Waals surface area contributed by atoms with Crippen molar-refractivity contribution in [3.63, 3.8) is 0 Å². The van der Waals surface area contributed by atoms with Gasteiger partial charge in [0.1, 0.15) is 0 Å². The predicted octanol–water partition coefficient (Wildman–Crippen LogP) is 1.42. The van der Waals surface area contributed by atoms with Gasteiger partial charge < -0.3 is 20.2 Å². The zero-order valence-electron chi connectivity index (χ0n) is 12.8. The molecule has 1 heterocycles. The number of urea groups is 1. The van der Waals surface area contributed by atoms with E-state index in [1.54, 1.807) is 18.9 Å². The number of rotatable bonds is 4. The molecule has 2 N–H and O–H groups in total. The molecular formula is C15H29N3O2. The molecule has 1 unspecified atom stereocenters. The molecular weight excluding hydrogens is 254 g/mol. The number of carbonyl (C=O) groups is 1. The fourth-order valence-electron chi connectivity index (χ4n) is 3.44. The predicted molar refractivity (Wildman–Crippen MR) is 79.7 cm³/mol. The topological polar surface area (TPSA) is 55.8 Å². The fourth-order valence-corrected chi connectivity index (χ4v) is 3.44. The number of hydrogen-bond donors (Lipinski definition) is 2. The maximum Gasteiger partial charge on any atom is 0.317 e. The SMILES string of the molecule is CC(O)CN(C)C(=O)NC1CCN(C2CCCC2)CC1. The van der Waals surface area contributed by atoms with Crippen LogP contribution < -0.4 is 5.32 Å². The number of aliphatic hydroxyl groups is 1. The van der Waals surface area contributed by atoms with Crippen molar-refractivity contribution in [1.29, 1.82) is 0 Å². The van der Waals surface area contributed by atoms with E-state index in [1.807, 2.05) is 0 Å². The van der Waals surface area contributed by atoms with Crippen molar-refractivity contribution in [3.8, 4) is 0 Å². The number of likely N-dealkylation sites (tertiary alicyclic amines) is 1. The lowest BCUT2D eigenvalue weighted by Crippen LogP contribution is -2.50. The number of piperidine rings is 1.